The van der Waals surface area contributed by atoms with Crippen molar-refractivity contribution >= 4 is 29.0 Å². The number of hydrogen-bond acceptors (Lipinski definition) is 2. The van der Waals surface area contributed by atoms with Gasteiger partial charge in [-0.3, -0.25) is 9.69 Å². The molecular formula is C19H17Cl2NO. The summed E-state index contributed by atoms with van der Waals surface area (Å²) in [4.78, 5) is 14.9. The van der Waals surface area contributed by atoms with E-state index in [1.807, 2.05) is 24.3 Å². The zero-order chi connectivity index (χ0) is 16.0. The number of piperidine rings is 3. The molecular weight excluding hydrogens is 329 g/mol. The van der Waals surface area contributed by atoms with Crippen LogP contribution < -0.4 is 0 Å². The zero-order valence-electron chi connectivity index (χ0n) is 12.6. The minimum absolute atomic E-state index is 0.0581. The molecule has 23 heavy (non-hydrogen) atoms. The van der Waals surface area contributed by atoms with Crippen molar-refractivity contribution in [3.8, 4) is 11.1 Å². The number of rotatable bonds is 2. The topological polar surface area (TPSA) is 20.3 Å². The third kappa shape index (κ3) is 2.69. The highest BCUT2D eigenvalue weighted by Gasteiger charge is 2.41. The molecule has 118 valence electrons. The van der Waals surface area contributed by atoms with Crippen LogP contribution in [0.4, 0.5) is 0 Å². The van der Waals surface area contributed by atoms with Gasteiger partial charge in [0.25, 0.3) is 0 Å². The first-order chi connectivity index (χ1) is 11.1. The molecule has 3 saturated heterocycles. The van der Waals surface area contributed by atoms with E-state index in [2.05, 4.69) is 17.0 Å². The molecule has 0 radical (unpaired) electrons. The fourth-order valence-corrected chi connectivity index (χ4v) is 4.31. The molecule has 3 aliphatic rings. The SMILES string of the molecule is O=C1C2CCN(CC2)C1c1ccc(-c2ccc(Cl)cc2Cl)cc1. The van der Waals surface area contributed by atoms with E-state index in [1.54, 1.807) is 6.07 Å². The number of Topliss-reactive ketones (excluding diaryl/α,β-unsaturated/α-hetero) is 1. The standard InChI is InChI=1S/C19H17Cl2NO/c20-15-5-6-16(17(21)11-15)12-1-3-13(4-2-12)18-19(23)14-7-9-22(18)10-8-14/h1-6,11,14,18H,7-10H2. The number of benzene rings is 2. The molecule has 3 heterocycles. The lowest BCUT2D eigenvalue weighted by Gasteiger charge is -2.44. The molecule has 0 saturated carbocycles. The van der Waals surface area contributed by atoms with E-state index in [0.29, 0.717) is 15.8 Å². The van der Waals surface area contributed by atoms with Gasteiger partial charge < -0.3 is 0 Å². The first kappa shape index (κ1) is 15.2. The summed E-state index contributed by atoms with van der Waals surface area (Å²) in [6, 6.07) is 13.7. The van der Waals surface area contributed by atoms with E-state index in [9.17, 15) is 4.79 Å². The van der Waals surface area contributed by atoms with Crippen LogP contribution in [0.15, 0.2) is 42.5 Å². The fourth-order valence-electron chi connectivity index (χ4n) is 3.79. The van der Waals surface area contributed by atoms with Gasteiger partial charge in [0, 0.05) is 21.5 Å². The van der Waals surface area contributed by atoms with Crippen molar-refractivity contribution in [1.82, 2.24) is 4.90 Å². The highest BCUT2D eigenvalue weighted by atomic mass is 35.5. The van der Waals surface area contributed by atoms with Crippen LogP contribution in [0.2, 0.25) is 10.0 Å². The van der Waals surface area contributed by atoms with Crippen molar-refractivity contribution in [1.29, 1.82) is 0 Å². The Labute approximate surface area is 146 Å². The Bertz CT molecular complexity index is 748. The van der Waals surface area contributed by atoms with Gasteiger partial charge in [-0.1, -0.05) is 53.5 Å². The summed E-state index contributed by atoms with van der Waals surface area (Å²) in [7, 11) is 0. The van der Waals surface area contributed by atoms with Crippen molar-refractivity contribution < 1.29 is 4.79 Å². The molecule has 3 fully saturated rings. The summed E-state index contributed by atoms with van der Waals surface area (Å²) in [6.45, 7) is 2.07. The summed E-state index contributed by atoms with van der Waals surface area (Å²) in [6.07, 6.45) is 2.04. The van der Waals surface area contributed by atoms with Crippen molar-refractivity contribution in [3.05, 3.63) is 58.1 Å². The van der Waals surface area contributed by atoms with Gasteiger partial charge in [0.2, 0.25) is 0 Å². The lowest BCUT2D eigenvalue weighted by atomic mass is 9.79. The van der Waals surface area contributed by atoms with Gasteiger partial charge >= 0.3 is 0 Å². The quantitative estimate of drug-likeness (QED) is 0.763. The molecule has 2 nitrogen and oxygen atoms in total. The van der Waals surface area contributed by atoms with E-state index in [0.717, 1.165) is 42.6 Å². The van der Waals surface area contributed by atoms with E-state index >= 15 is 0 Å². The van der Waals surface area contributed by atoms with Crippen LogP contribution in [0, 0.1) is 5.92 Å². The van der Waals surface area contributed by atoms with Crippen molar-refractivity contribution in [3.63, 3.8) is 0 Å². The Morgan fingerprint density at radius 2 is 1.65 bits per heavy atom. The summed E-state index contributed by atoms with van der Waals surface area (Å²) >= 11 is 12.2. The molecule has 2 aromatic rings. The third-order valence-corrected chi connectivity index (χ3v) is 5.58. The molecule has 0 N–H and O–H groups in total. The summed E-state index contributed by atoms with van der Waals surface area (Å²) < 4.78 is 0. The minimum atomic E-state index is -0.0581. The summed E-state index contributed by atoms with van der Waals surface area (Å²) in [5, 5.41) is 1.27. The zero-order valence-corrected chi connectivity index (χ0v) is 14.1. The molecule has 0 aromatic heterocycles. The molecule has 0 aliphatic carbocycles. The number of carbonyl (C=O) groups is 1. The largest absolute Gasteiger partial charge is 0.297 e. The van der Waals surface area contributed by atoms with Gasteiger partial charge in [-0.2, -0.15) is 0 Å². The third-order valence-electron chi connectivity index (χ3n) is 5.04. The van der Waals surface area contributed by atoms with Crippen molar-refractivity contribution in [2.45, 2.75) is 18.9 Å². The second-order valence-corrected chi connectivity index (χ2v) is 7.20. The molecule has 0 amide bonds. The van der Waals surface area contributed by atoms with Crippen molar-refractivity contribution in [2.24, 2.45) is 5.92 Å². The van der Waals surface area contributed by atoms with E-state index in [4.69, 9.17) is 23.2 Å². The van der Waals surface area contributed by atoms with Crippen LogP contribution >= 0.6 is 23.2 Å². The monoisotopic (exact) mass is 345 g/mol. The van der Waals surface area contributed by atoms with Gasteiger partial charge in [-0.15, -0.1) is 0 Å². The maximum Gasteiger partial charge on any atom is 0.157 e. The average Bonchev–Trinajstić information content (AvgIpc) is 2.56. The molecule has 4 heteroatoms. The minimum Gasteiger partial charge on any atom is -0.297 e. The number of nitrogens with zero attached hydrogens (tertiary/aromatic N) is 1. The van der Waals surface area contributed by atoms with Crippen LogP contribution in [0.5, 0.6) is 0 Å². The maximum absolute atomic E-state index is 12.6. The van der Waals surface area contributed by atoms with Crippen LogP contribution in [-0.4, -0.2) is 23.8 Å². The normalized spacial score (nSPS) is 26.5. The summed E-state index contributed by atoms with van der Waals surface area (Å²) in [5.41, 5.74) is 3.09. The number of halogens is 2. The Morgan fingerprint density at radius 3 is 2.26 bits per heavy atom. The molecule has 1 atom stereocenters. The van der Waals surface area contributed by atoms with Gasteiger partial charge in [-0.25, -0.2) is 0 Å². The van der Waals surface area contributed by atoms with Crippen molar-refractivity contribution in [2.75, 3.05) is 13.1 Å². The molecule has 2 aromatic carbocycles. The number of carbonyl (C=O) groups excluding carboxylic acids is 1. The highest BCUT2D eigenvalue weighted by Crippen LogP contribution is 2.38. The number of hydrogen-bond donors (Lipinski definition) is 0. The Kier molecular flexibility index (Phi) is 3.92. The maximum atomic E-state index is 12.6. The Balaban J connectivity index is 1.64. The van der Waals surface area contributed by atoms with Crippen LogP contribution in [0.25, 0.3) is 11.1 Å². The van der Waals surface area contributed by atoms with Gasteiger partial charge in [0.05, 0.1) is 6.04 Å². The van der Waals surface area contributed by atoms with Gasteiger partial charge in [0.15, 0.2) is 5.78 Å². The van der Waals surface area contributed by atoms with Gasteiger partial charge in [0.1, 0.15) is 0 Å². The molecule has 5 rings (SSSR count). The first-order valence-electron chi connectivity index (χ1n) is 7.96. The Morgan fingerprint density at radius 1 is 0.957 bits per heavy atom. The Hall–Kier alpha value is -1.35. The lowest BCUT2D eigenvalue weighted by molar-refractivity contribution is -0.137. The van der Waals surface area contributed by atoms with E-state index in [-0.39, 0.29) is 12.0 Å². The molecule has 2 bridgehead atoms. The summed E-state index contributed by atoms with van der Waals surface area (Å²) in [5.74, 6) is 0.648. The average molecular weight is 346 g/mol. The fraction of sp³-hybridized carbons (Fsp3) is 0.316. The van der Waals surface area contributed by atoms with E-state index < -0.39 is 0 Å². The molecule has 1 unspecified atom stereocenters. The van der Waals surface area contributed by atoms with Crippen LogP contribution in [0.1, 0.15) is 24.4 Å². The first-order valence-corrected chi connectivity index (χ1v) is 8.72. The van der Waals surface area contributed by atoms with E-state index in [1.165, 1.54) is 0 Å². The number of ketones is 1. The second kappa shape index (κ2) is 5.94. The smallest absolute Gasteiger partial charge is 0.157 e. The lowest BCUT2D eigenvalue weighted by Crippen LogP contribution is -2.50. The predicted octanol–water partition coefficient (Wildman–Crippen LogP) is 5.00. The number of fused-ring (bicyclic) bond motifs is 3. The van der Waals surface area contributed by atoms with Gasteiger partial charge in [-0.05, 0) is 49.2 Å². The van der Waals surface area contributed by atoms with Crippen LogP contribution in [0.3, 0.4) is 0 Å². The molecule has 0 spiro atoms. The van der Waals surface area contributed by atoms with Crippen LogP contribution in [-0.2, 0) is 4.79 Å². The second-order valence-electron chi connectivity index (χ2n) is 6.36. The predicted molar refractivity (Wildman–Crippen MR) is 93.9 cm³/mol. The molecule has 3 aliphatic heterocycles. The highest BCUT2D eigenvalue weighted by molar-refractivity contribution is 6.36.